The maximum atomic E-state index is 10.2. The van der Waals surface area contributed by atoms with E-state index in [9.17, 15) is 35.7 Å². The molecule has 0 bridgehead atoms. The first-order valence-corrected chi connectivity index (χ1v) is 41.7. The van der Waals surface area contributed by atoms with E-state index < -0.39 is 0 Å². The van der Waals surface area contributed by atoms with Gasteiger partial charge >= 0.3 is 0 Å². The molecule has 0 spiro atoms. The number of benzene rings is 14. The molecule has 28 nitrogen and oxygen atoms in total. The Labute approximate surface area is 751 Å². The molecule has 7 aliphatic heterocycles. The Kier molecular flexibility index (Phi) is 25.0. The summed E-state index contributed by atoms with van der Waals surface area (Å²) >= 11 is 17.9. The van der Waals surface area contributed by atoms with Crippen LogP contribution in [0.4, 0.5) is 119 Å². The van der Waals surface area contributed by atoms with Crippen LogP contribution in [0.5, 0.6) is 40.2 Å². The van der Waals surface area contributed by atoms with Crippen molar-refractivity contribution in [2.75, 3.05) is 112 Å². The molecule has 31 heteroatoms. The molecule has 7 heterocycles. The number of rotatable bonds is 7. The molecule has 7 aliphatic rings. The van der Waals surface area contributed by atoms with Crippen molar-refractivity contribution < 1.29 is 35.7 Å². The summed E-state index contributed by atoms with van der Waals surface area (Å²) in [6.07, 6.45) is 0. The van der Waals surface area contributed by atoms with Crippen LogP contribution in [0.3, 0.4) is 0 Å². The van der Waals surface area contributed by atoms with Gasteiger partial charge in [0.05, 0.1) is 79.6 Å². The van der Waals surface area contributed by atoms with Gasteiger partial charge in [0.25, 0.3) is 0 Å². The fourth-order valence-electron chi connectivity index (χ4n) is 14.7. The largest absolute Gasteiger partial charge is 0.506 e. The van der Waals surface area contributed by atoms with E-state index in [0.717, 1.165) is 158 Å². The van der Waals surface area contributed by atoms with Crippen molar-refractivity contribution in [3.63, 3.8) is 0 Å². The number of aromatic hydroxyl groups is 7. The van der Waals surface area contributed by atoms with E-state index in [1.165, 1.54) is 0 Å². The summed E-state index contributed by atoms with van der Waals surface area (Å²) in [6, 6.07) is 78.6. The first-order valence-electron chi connectivity index (χ1n) is 40.6. The molecule has 0 radical (unpaired) electrons. The SMILES string of the molecule is Cc1cc(C)c(O)c(N2Nc3ccc(Cl)cc3N2)c1.Cc1cc(C)c(O)c(N2Nc3ccc(Cl)cc3N2)c1.Cc1cc(C)c(O)c(N2Nc3ccc(Cl)cc3N2)c1.Cc1cc(C)c(O)c(N2Nc3ccccc3N2)c1.Cc1cc(C)c(O)c(N2Nc3ccccc3N2)c1.Cc1ccc(O)c(N2Nc3ccccc3N2)c1.Cc1ccc(O)c(N2Nc3ccccc3N2)c1. The smallest absolute Gasteiger partial charge is 0.145 e. The zero-order valence-corrected chi connectivity index (χ0v) is 73.8. The number of phenolic OH excluding ortho intramolecular Hbond substituents is 7. The van der Waals surface area contributed by atoms with Crippen molar-refractivity contribution in [1.82, 2.24) is 0 Å². The van der Waals surface area contributed by atoms with Crippen molar-refractivity contribution >= 4 is 154 Å². The molecule has 0 amide bonds. The average molecular weight is 1760 g/mol. The van der Waals surface area contributed by atoms with Crippen LogP contribution in [-0.4, -0.2) is 35.7 Å². The predicted molar refractivity (Wildman–Crippen MR) is 522 cm³/mol. The lowest BCUT2D eigenvalue weighted by Crippen LogP contribution is -2.29. The molecule has 14 aromatic carbocycles. The highest BCUT2D eigenvalue weighted by Crippen LogP contribution is 2.46. The molecule has 21 N–H and O–H groups in total. The maximum absolute atomic E-state index is 10.2. The van der Waals surface area contributed by atoms with Gasteiger partial charge in [-0.15, -0.1) is 0 Å². The molecule has 14 aromatic rings. The monoisotopic (exact) mass is 1760 g/mol. The molecule has 0 aromatic heterocycles. The number of hydrazine groups is 14. The fraction of sp³-hybridized carbons (Fsp3) is 0.125. The molecule has 650 valence electrons. The van der Waals surface area contributed by atoms with Gasteiger partial charge in [-0.2, -0.15) is 35.8 Å². The van der Waals surface area contributed by atoms with Gasteiger partial charge in [-0.05, 0) is 308 Å². The molecule has 127 heavy (non-hydrogen) atoms. The van der Waals surface area contributed by atoms with Crippen molar-refractivity contribution in [3.05, 3.63) is 331 Å². The van der Waals surface area contributed by atoms with Crippen molar-refractivity contribution in [2.45, 2.75) is 83.1 Å². The highest BCUT2D eigenvalue weighted by molar-refractivity contribution is 6.32. The molecule has 0 fully saturated rings. The van der Waals surface area contributed by atoms with Crippen LogP contribution < -0.4 is 112 Å². The standard InChI is InChI=1S/3C14H14ClN3O.2C14H15N3O.2C13H13N3O/c3*1-8-5-9(2)14(19)13(6-8)18-16-11-4-3-10(15)7-12(11)17-18;2*1-9-7-10(2)14(18)13(8-9)17-15-11-5-3-4-6-12(11)16-17;2*1-9-6-7-13(17)12(8-9)16-14-10-4-2-3-5-11(10)15-16/h3*3-7,16-17,19H,1-2H3;2*3-8,15-16,18H,1-2H3;2*2-8,14-15,17H,1H3. The van der Waals surface area contributed by atoms with Gasteiger partial charge in [0.1, 0.15) is 80.1 Å². The molecule has 0 atom stereocenters. The third kappa shape index (κ3) is 19.6. The third-order valence-electron chi connectivity index (χ3n) is 21.0. The highest BCUT2D eigenvalue weighted by atomic mass is 35.5. The predicted octanol–water partition coefficient (Wildman–Crippen LogP) is 23.6. The quantitative estimate of drug-likeness (QED) is 0.0705. The van der Waals surface area contributed by atoms with Crippen molar-refractivity contribution in [1.29, 1.82) is 0 Å². The van der Waals surface area contributed by atoms with Gasteiger partial charge in [-0.3, -0.25) is 76.0 Å². The van der Waals surface area contributed by atoms with Crippen LogP contribution in [-0.2, 0) is 0 Å². The number of hydrogen-bond donors (Lipinski definition) is 21. The number of aryl methyl sites for hydroxylation is 12. The number of anilines is 21. The Hall–Kier alpha value is -15.7. The van der Waals surface area contributed by atoms with Gasteiger partial charge in [0.2, 0.25) is 0 Å². The van der Waals surface area contributed by atoms with E-state index in [1.54, 1.807) is 48.0 Å². The summed E-state index contributed by atoms with van der Waals surface area (Å²) in [5.74, 6) is 1.81. The third-order valence-corrected chi connectivity index (χ3v) is 21.7. The van der Waals surface area contributed by atoms with Crippen molar-refractivity contribution in [2.24, 2.45) is 0 Å². The van der Waals surface area contributed by atoms with Crippen LogP contribution in [0.25, 0.3) is 0 Å². The van der Waals surface area contributed by atoms with E-state index in [4.69, 9.17) is 34.8 Å². The van der Waals surface area contributed by atoms with E-state index >= 15 is 0 Å². The molecular formula is C96H98Cl3N21O7. The van der Waals surface area contributed by atoms with E-state index in [-0.39, 0.29) is 40.2 Å². The Morgan fingerprint density at radius 2 is 0.339 bits per heavy atom. The zero-order chi connectivity index (χ0) is 89.8. The van der Waals surface area contributed by atoms with E-state index in [0.29, 0.717) is 43.5 Å². The van der Waals surface area contributed by atoms with E-state index in [2.05, 4.69) is 76.0 Å². The van der Waals surface area contributed by atoms with E-state index in [1.807, 2.05) is 320 Å². The van der Waals surface area contributed by atoms with Gasteiger partial charge in [0, 0.05) is 15.1 Å². The minimum atomic E-state index is 0.239. The van der Waals surface area contributed by atoms with Gasteiger partial charge in [0.15, 0.2) is 0 Å². The number of halogens is 3. The van der Waals surface area contributed by atoms with Crippen LogP contribution in [0, 0.1) is 83.1 Å². The number of nitrogens with one attached hydrogen (secondary N) is 14. The first-order chi connectivity index (χ1) is 60.9. The second-order valence-corrected chi connectivity index (χ2v) is 32.7. The lowest BCUT2D eigenvalue weighted by molar-refractivity contribution is 0.471. The van der Waals surface area contributed by atoms with Crippen LogP contribution in [0.2, 0.25) is 15.1 Å². The van der Waals surface area contributed by atoms with Crippen LogP contribution in [0.1, 0.15) is 66.8 Å². The summed E-state index contributed by atoms with van der Waals surface area (Å²) in [6.45, 7) is 23.4. The summed E-state index contributed by atoms with van der Waals surface area (Å²) in [7, 11) is 0. The zero-order valence-electron chi connectivity index (χ0n) is 71.6. The lowest BCUT2D eigenvalue weighted by Gasteiger charge is -2.21. The van der Waals surface area contributed by atoms with Crippen molar-refractivity contribution in [3.8, 4) is 40.2 Å². The molecular weight excluding hydrogens is 1670 g/mol. The Morgan fingerprint density at radius 3 is 0.535 bits per heavy atom. The summed E-state index contributed by atoms with van der Waals surface area (Å²) in [4.78, 5) is 0. The lowest BCUT2D eigenvalue weighted by atomic mass is 10.1. The Balaban J connectivity index is 0.000000114. The fourth-order valence-corrected chi connectivity index (χ4v) is 15.2. The summed E-state index contributed by atoms with van der Waals surface area (Å²) in [5.41, 5.74) is 74.8. The molecule has 0 saturated heterocycles. The minimum absolute atomic E-state index is 0.239. The minimum Gasteiger partial charge on any atom is -0.506 e. The second kappa shape index (κ2) is 36.8. The molecule has 0 aliphatic carbocycles. The summed E-state index contributed by atoms with van der Waals surface area (Å²) < 4.78 is 0. The second-order valence-electron chi connectivity index (χ2n) is 31.4. The number of nitrogens with zero attached hydrogens (tertiary/aromatic N) is 7. The normalized spacial score (nSPS) is 12.9. The average Bonchev–Trinajstić information content (AvgIpc) is 1.70. The summed E-state index contributed by atoms with van der Waals surface area (Å²) in [5, 5.41) is 84.5. The molecule has 21 rings (SSSR count). The van der Waals surface area contributed by atoms with Crippen LogP contribution >= 0.6 is 34.8 Å². The van der Waals surface area contributed by atoms with Gasteiger partial charge in [-0.25, -0.2) is 0 Å². The Morgan fingerprint density at radius 1 is 0.173 bits per heavy atom. The molecule has 0 unspecified atom stereocenters. The van der Waals surface area contributed by atoms with Gasteiger partial charge in [-0.1, -0.05) is 126 Å². The van der Waals surface area contributed by atoms with Crippen LogP contribution in [0.15, 0.2) is 249 Å². The maximum Gasteiger partial charge on any atom is 0.145 e. The number of hydrogen-bond acceptors (Lipinski definition) is 28. The number of phenols is 7. The topological polar surface area (TPSA) is 333 Å². The first kappa shape index (κ1) is 86.3. The highest BCUT2D eigenvalue weighted by Gasteiger charge is 2.29. The number of fused-ring (bicyclic) bond motifs is 7. The molecule has 0 saturated carbocycles. The number of para-hydroxylation sites is 8. The Bertz CT molecular complexity index is 5900. The van der Waals surface area contributed by atoms with Gasteiger partial charge < -0.3 is 35.7 Å².